The van der Waals surface area contributed by atoms with Gasteiger partial charge >= 0.3 is 0 Å². The Morgan fingerprint density at radius 3 is 2.54 bits per heavy atom. The van der Waals surface area contributed by atoms with Crippen LogP contribution < -0.4 is 5.73 Å². The lowest BCUT2D eigenvalue weighted by Crippen LogP contribution is -2.36. The number of aliphatic hydroxyl groups is 2. The van der Waals surface area contributed by atoms with Crippen molar-refractivity contribution in [3.63, 3.8) is 0 Å². The van der Waals surface area contributed by atoms with Crippen molar-refractivity contribution in [2.75, 3.05) is 24.7 Å². The highest BCUT2D eigenvalue weighted by Gasteiger charge is 2.40. The van der Waals surface area contributed by atoms with Crippen molar-refractivity contribution in [2.24, 2.45) is 0 Å². The van der Waals surface area contributed by atoms with E-state index in [0.717, 1.165) is 30.6 Å². The zero-order valence-electron chi connectivity index (χ0n) is 22.4. The summed E-state index contributed by atoms with van der Waals surface area (Å²) in [6.07, 6.45) is 3.78. The van der Waals surface area contributed by atoms with Crippen molar-refractivity contribution in [3.05, 3.63) is 35.4 Å². The van der Waals surface area contributed by atoms with Gasteiger partial charge in [-0.05, 0) is 69.6 Å². The van der Waals surface area contributed by atoms with E-state index >= 15 is 0 Å². The standard InChI is InChI=1S/C17H28N6O4S.C9H8F2/c1-4-7-28-16-19-14(18)13-15(20-16)23(22-21-13)10-8-11(26-6-5-24)12(9-10)27-17(2,3)25;10-8-4-3-7(5-9(8)11)6-1-2-6/h10-12,24-25H,4-9H2,1-3H3,(H2,18,19,20);3-6H,1-2H2/t10?,11?,12-;/m0./s1. The Bertz CT molecular complexity index is 1250. The van der Waals surface area contributed by atoms with E-state index in [0.29, 0.717) is 40.9 Å². The lowest BCUT2D eigenvalue weighted by Gasteiger charge is -2.27. The second-order valence-corrected chi connectivity index (χ2v) is 11.3. The second kappa shape index (κ2) is 12.8. The van der Waals surface area contributed by atoms with Crippen LogP contribution in [0, 0.1) is 11.6 Å². The van der Waals surface area contributed by atoms with Crippen LogP contribution in [-0.4, -0.2) is 72.1 Å². The van der Waals surface area contributed by atoms with Crippen LogP contribution in [0.25, 0.3) is 11.2 Å². The summed E-state index contributed by atoms with van der Waals surface area (Å²) >= 11 is 1.54. The Hall–Kier alpha value is -2.45. The molecule has 0 bridgehead atoms. The molecule has 0 radical (unpaired) electrons. The number of halogens is 2. The molecule has 0 saturated heterocycles. The fraction of sp³-hybridized carbons (Fsp3) is 0.615. The average Bonchev–Trinajstić information content (AvgIpc) is 3.53. The molecule has 2 heterocycles. The smallest absolute Gasteiger partial charge is 0.191 e. The summed E-state index contributed by atoms with van der Waals surface area (Å²) in [7, 11) is 0. The Morgan fingerprint density at radius 1 is 1.15 bits per heavy atom. The van der Waals surface area contributed by atoms with Crippen molar-refractivity contribution in [2.45, 2.75) is 88.0 Å². The van der Waals surface area contributed by atoms with E-state index < -0.39 is 17.4 Å². The van der Waals surface area contributed by atoms with Gasteiger partial charge in [-0.2, -0.15) is 0 Å². The highest BCUT2D eigenvalue weighted by Crippen LogP contribution is 2.40. The summed E-state index contributed by atoms with van der Waals surface area (Å²) in [5.41, 5.74) is 8.04. The molecule has 3 atom stereocenters. The molecular formula is C26H36F2N6O4S. The van der Waals surface area contributed by atoms with Crippen LogP contribution in [0.5, 0.6) is 0 Å². The first kappa shape index (κ1) is 29.5. The number of fused-ring (bicyclic) bond motifs is 1. The second-order valence-electron chi connectivity index (χ2n) is 10.3. The number of anilines is 1. The molecule has 5 rings (SSSR count). The van der Waals surface area contributed by atoms with Crippen LogP contribution in [0.4, 0.5) is 14.6 Å². The maximum atomic E-state index is 12.6. The van der Waals surface area contributed by atoms with Gasteiger partial charge in [0.1, 0.15) is 0 Å². The number of aliphatic hydroxyl groups excluding tert-OH is 1. The largest absolute Gasteiger partial charge is 0.394 e. The summed E-state index contributed by atoms with van der Waals surface area (Å²) < 4.78 is 38.3. The van der Waals surface area contributed by atoms with Gasteiger partial charge in [0.05, 0.1) is 31.5 Å². The van der Waals surface area contributed by atoms with Crippen LogP contribution in [-0.2, 0) is 9.47 Å². The van der Waals surface area contributed by atoms with E-state index in [4.69, 9.17) is 20.3 Å². The maximum absolute atomic E-state index is 12.6. The zero-order valence-corrected chi connectivity index (χ0v) is 23.2. The maximum Gasteiger partial charge on any atom is 0.191 e. The number of thioether (sulfide) groups is 1. The lowest BCUT2D eigenvalue weighted by molar-refractivity contribution is -0.224. The van der Waals surface area contributed by atoms with Crippen LogP contribution in [0.15, 0.2) is 23.4 Å². The summed E-state index contributed by atoms with van der Waals surface area (Å²) in [5.74, 6) is -1.07. The molecule has 0 aliphatic heterocycles. The number of ether oxygens (including phenoxy) is 2. The van der Waals surface area contributed by atoms with Gasteiger partial charge in [0.25, 0.3) is 0 Å². The molecule has 10 nitrogen and oxygen atoms in total. The third-order valence-electron chi connectivity index (χ3n) is 6.39. The van der Waals surface area contributed by atoms with Gasteiger partial charge in [-0.3, -0.25) is 0 Å². The first-order valence-electron chi connectivity index (χ1n) is 13.2. The Balaban J connectivity index is 0.000000265. The lowest BCUT2D eigenvalue weighted by atomic mass is 10.1. The van der Waals surface area contributed by atoms with Crippen molar-refractivity contribution >= 4 is 28.7 Å². The van der Waals surface area contributed by atoms with E-state index in [2.05, 4.69) is 27.2 Å². The molecule has 2 aliphatic carbocycles. The number of rotatable bonds is 10. The van der Waals surface area contributed by atoms with Crippen molar-refractivity contribution in [3.8, 4) is 0 Å². The van der Waals surface area contributed by atoms with E-state index in [9.17, 15) is 13.9 Å². The Kier molecular flexibility index (Phi) is 9.70. The quantitative estimate of drug-likeness (QED) is 0.187. The van der Waals surface area contributed by atoms with Crippen LogP contribution in [0.3, 0.4) is 0 Å². The summed E-state index contributed by atoms with van der Waals surface area (Å²) in [6.45, 7) is 5.38. The Morgan fingerprint density at radius 2 is 1.90 bits per heavy atom. The van der Waals surface area contributed by atoms with Gasteiger partial charge in [0, 0.05) is 5.75 Å². The molecule has 214 valence electrons. The van der Waals surface area contributed by atoms with Gasteiger partial charge < -0.3 is 25.4 Å². The van der Waals surface area contributed by atoms with Crippen molar-refractivity contribution < 1.29 is 28.5 Å². The molecular weight excluding hydrogens is 530 g/mol. The van der Waals surface area contributed by atoms with E-state index in [1.807, 2.05) is 0 Å². The van der Waals surface area contributed by atoms with Gasteiger partial charge in [0.2, 0.25) is 0 Å². The topological polar surface area (TPSA) is 141 Å². The highest BCUT2D eigenvalue weighted by molar-refractivity contribution is 7.99. The van der Waals surface area contributed by atoms with Crippen LogP contribution in [0.1, 0.15) is 70.4 Å². The molecule has 2 unspecified atom stereocenters. The molecule has 2 aromatic heterocycles. The van der Waals surface area contributed by atoms with E-state index in [1.165, 1.54) is 12.1 Å². The molecule has 4 N–H and O–H groups in total. The van der Waals surface area contributed by atoms with Crippen molar-refractivity contribution in [1.29, 1.82) is 0 Å². The van der Waals surface area contributed by atoms with Gasteiger partial charge in [-0.15, -0.1) is 5.10 Å². The first-order valence-corrected chi connectivity index (χ1v) is 14.2. The molecule has 2 saturated carbocycles. The number of hydrogen-bond acceptors (Lipinski definition) is 10. The molecule has 0 amide bonds. The number of hydrogen-bond donors (Lipinski definition) is 3. The minimum Gasteiger partial charge on any atom is -0.394 e. The number of aromatic nitrogens is 5. The van der Waals surface area contributed by atoms with E-state index in [1.54, 1.807) is 36.4 Å². The predicted octanol–water partition coefficient (Wildman–Crippen LogP) is 3.97. The van der Waals surface area contributed by atoms with E-state index in [-0.39, 0.29) is 31.5 Å². The fourth-order valence-corrected chi connectivity index (χ4v) is 5.23. The number of nitrogens with two attached hydrogens (primary N) is 1. The summed E-state index contributed by atoms with van der Waals surface area (Å²) in [4.78, 5) is 8.90. The van der Waals surface area contributed by atoms with Gasteiger partial charge in [-0.1, -0.05) is 30.0 Å². The van der Waals surface area contributed by atoms with Crippen LogP contribution >= 0.6 is 11.8 Å². The summed E-state index contributed by atoms with van der Waals surface area (Å²) in [6, 6.07) is 4.07. The predicted molar refractivity (Wildman–Crippen MR) is 143 cm³/mol. The minimum atomic E-state index is -1.29. The van der Waals surface area contributed by atoms with Gasteiger partial charge in [-0.25, -0.2) is 23.4 Å². The number of benzene rings is 1. The first-order chi connectivity index (χ1) is 18.6. The van der Waals surface area contributed by atoms with Crippen LogP contribution in [0.2, 0.25) is 0 Å². The monoisotopic (exact) mass is 566 g/mol. The molecule has 2 aliphatic rings. The van der Waals surface area contributed by atoms with Gasteiger partial charge in [0.15, 0.2) is 39.6 Å². The zero-order chi connectivity index (χ0) is 28.2. The highest BCUT2D eigenvalue weighted by atomic mass is 32.2. The molecule has 1 aromatic carbocycles. The molecule has 3 aromatic rings. The third-order valence-corrected chi connectivity index (χ3v) is 7.44. The number of nitrogen functional groups attached to an aromatic ring is 1. The SMILES string of the molecule is CCCSc1nc(N)c2nnn(C3CC(OCCO)[C@@H](OC(C)(C)O)C3)c2n1.Fc1ccc(C2CC2)cc1F. The summed E-state index contributed by atoms with van der Waals surface area (Å²) in [5, 5.41) is 28.2. The fourth-order valence-electron chi connectivity index (χ4n) is 4.53. The number of nitrogens with zero attached hydrogens (tertiary/aromatic N) is 5. The molecule has 2 fully saturated rings. The normalized spacial score (nSPS) is 21.3. The van der Waals surface area contributed by atoms with Crippen molar-refractivity contribution in [1.82, 2.24) is 25.0 Å². The minimum absolute atomic E-state index is 0.0789. The Labute approximate surface area is 230 Å². The molecule has 39 heavy (non-hydrogen) atoms. The molecule has 13 heteroatoms. The molecule has 0 spiro atoms. The average molecular weight is 567 g/mol. The third kappa shape index (κ3) is 7.82.